The highest BCUT2D eigenvalue weighted by Crippen LogP contribution is 2.30. The van der Waals surface area contributed by atoms with Crippen LogP contribution in [0.3, 0.4) is 0 Å². The topological polar surface area (TPSA) is 25.8 Å². The number of hydrogen-bond donors (Lipinski definition) is 0. The minimum Gasteiger partial charge on any atom is -0.228 e. The van der Waals surface area contributed by atoms with Crippen LogP contribution in [0.1, 0.15) is 0 Å². The first-order valence-corrected chi connectivity index (χ1v) is 7.28. The summed E-state index contributed by atoms with van der Waals surface area (Å²) >= 11 is 14.8. The third-order valence-electron chi connectivity index (χ3n) is 2.87. The fourth-order valence-corrected chi connectivity index (χ4v) is 2.54. The normalized spacial score (nSPS) is 11.1. The molecule has 0 N–H and O–H groups in total. The van der Waals surface area contributed by atoms with Crippen molar-refractivity contribution in [3.05, 3.63) is 56.6 Å². The molecule has 0 aliphatic heterocycles. The average Bonchev–Trinajstić information content (AvgIpc) is 2.44. The lowest BCUT2D eigenvalue weighted by Crippen LogP contribution is -1.94. The van der Waals surface area contributed by atoms with Crippen LogP contribution in [0.15, 0.2) is 34.8 Å². The second-order valence-electron chi connectivity index (χ2n) is 4.25. The summed E-state index contributed by atoms with van der Waals surface area (Å²) in [5.74, 6) is -0.855. The van der Waals surface area contributed by atoms with Gasteiger partial charge < -0.3 is 0 Å². The fourth-order valence-electron chi connectivity index (χ4n) is 1.85. The highest BCUT2D eigenvalue weighted by Gasteiger charge is 2.12. The number of rotatable bonds is 1. The Bertz CT molecular complexity index is 871. The van der Waals surface area contributed by atoms with Crippen LogP contribution in [0.4, 0.5) is 8.78 Å². The molecule has 0 unspecified atom stereocenters. The molecular weight excluding hydrogens is 385 g/mol. The minimum atomic E-state index is -0.587. The Morgan fingerprint density at radius 3 is 2.43 bits per heavy atom. The number of aromatic nitrogens is 2. The van der Waals surface area contributed by atoms with Crippen LogP contribution < -0.4 is 0 Å². The van der Waals surface area contributed by atoms with Crippen LogP contribution in [-0.4, -0.2) is 9.97 Å². The van der Waals surface area contributed by atoms with Crippen LogP contribution in [0.5, 0.6) is 0 Å². The van der Waals surface area contributed by atoms with Crippen LogP contribution in [0.2, 0.25) is 10.2 Å². The van der Waals surface area contributed by atoms with Crippen LogP contribution in [-0.2, 0) is 0 Å². The highest BCUT2D eigenvalue weighted by atomic mass is 79.9. The summed E-state index contributed by atoms with van der Waals surface area (Å²) in [7, 11) is 0. The molecule has 1 aromatic heterocycles. The molecule has 106 valence electrons. The van der Waals surface area contributed by atoms with Gasteiger partial charge in [-0.2, -0.15) is 0 Å². The maximum Gasteiger partial charge on any atom is 0.161 e. The smallest absolute Gasteiger partial charge is 0.161 e. The van der Waals surface area contributed by atoms with E-state index in [4.69, 9.17) is 23.2 Å². The monoisotopic (exact) mass is 388 g/mol. The van der Waals surface area contributed by atoms with E-state index < -0.39 is 11.6 Å². The van der Waals surface area contributed by atoms with Crippen molar-refractivity contribution >= 4 is 50.0 Å². The van der Waals surface area contributed by atoms with E-state index in [1.807, 2.05) is 0 Å². The van der Waals surface area contributed by atoms with Gasteiger partial charge >= 0.3 is 0 Å². The van der Waals surface area contributed by atoms with Crippen LogP contribution in [0, 0.1) is 11.6 Å². The van der Waals surface area contributed by atoms with Gasteiger partial charge in [0.15, 0.2) is 5.82 Å². The van der Waals surface area contributed by atoms with Gasteiger partial charge in [-0.25, -0.2) is 18.7 Å². The van der Waals surface area contributed by atoms with E-state index in [9.17, 15) is 8.78 Å². The van der Waals surface area contributed by atoms with Crippen LogP contribution >= 0.6 is 39.1 Å². The van der Waals surface area contributed by atoms with Gasteiger partial charge in [-0.05, 0) is 40.2 Å². The molecule has 0 fully saturated rings. The highest BCUT2D eigenvalue weighted by molar-refractivity contribution is 9.10. The first-order valence-electron chi connectivity index (χ1n) is 5.73. The largest absolute Gasteiger partial charge is 0.228 e. The van der Waals surface area contributed by atoms with Gasteiger partial charge in [0.05, 0.1) is 15.0 Å². The van der Waals surface area contributed by atoms with Gasteiger partial charge in [-0.15, -0.1) is 0 Å². The molecule has 2 nitrogen and oxygen atoms in total. The lowest BCUT2D eigenvalue weighted by molar-refractivity contribution is 0.622. The molecule has 0 spiro atoms. The molecule has 1 heterocycles. The van der Waals surface area contributed by atoms with Gasteiger partial charge in [0.1, 0.15) is 16.8 Å². The minimum absolute atomic E-state index is 0.000566. The summed E-state index contributed by atoms with van der Waals surface area (Å²) < 4.78 is 27.4. The third kappa shape index (κ3) is 2.73. The number of halogens is 5. The molecule has 0 radical (unpaired) electrons. The Balaban J connectivity index is 2.24. The SMILES string of the molecule is Fc1cc(-c2nc(Cl)c3cc(Br)c(F)cc3n2)ccc1Cl. The lowest BCUT2D eigenvalue weighted by atomic mass is 10.2. The molecule has 0 aliphatic carbocycles. The molecular formula is C14H5BrCl2F2N2. The van der Waals surface area contributed by atoms with Crippen molar-refractivity contribution in [2.45, 2.75) is 0 Å². The van der Waals surface area contributed by atoms with Crippen LogP contribution in [0.25, 0.3) is 22.3 Å². The summed E-state index contributed by atoms with van der Waals surface area (Å²) in [4.78, 5) is 8.33. The van der Waals surface area contributed by atoms with E-state index in [1.54, 1.807) is 6.07 Å². The Kier molecular flexibility index (Phi) is 3.82. The van der Waals surface area contributed by atoms with Crippen molar-refractivity contribution in [1.82, 2.24) is 9.97 Å². The molecule has 2 aromatic carbocycles. The van der Waals surface area contributed by atoms with Crippen molar-refractivity contribution in [3.8, 4) is 11.4 Å². The molecule has 0 amide bonds. The maximum absolute atomic E-state index is 13.6. The van der Waals surface area contributed by atoms with E-state index in [0.29, 0.717) is 16.5 Å². The van der Waals surface area contributed by atoms with Gasteiger partial charge in [-0.1, -0.05) is 23.2 Å². The Labute approximate surface area is 136 Å². The predicted octanol–water partition coefficient (Wildman–Crippen LogP) is 5.64. The average molecular weight is 390 g/mol. The van der Waals surface area contributed by atoms with E-state index in [2.05, 4.69) is 25.9 Å². The summed E-state index contributed by atoms with van der Waals surface area (Å²) in [5.41, 5.74) is 0.741. The summed E-state index contributed by atoms with van der Waals surface area (Å²) in [6.07, 6.45) is 0. The number of fused-ring (bicyclic) bond motifs is 1. The number of hydrogen-bond acceptors (Lipinski definition) is 2. The van der Waals surface area contributed by atoms with E-state index in [1.165, 1.54) is 24.3 Å². The second-order valence-corrected chi connectivity index (χ2v) is 5.87. The molecule has 0 atom stereocenters. The predicted molar refractivity (Wildman–Crippen MR) is 82.6 cm³/mol. The Hall–Kier alpha value is -1.30. The van der Waals surface area contributed by atoms with Crippen molar-refractivity contribution in [2.24, 2.45) is 0 Å². The zero-order valence-corrected chi connectivity index (χ0v) is 13.3. The summed E-state index contributed by atoms with van der Waals surface area (Å²) in [5, 5.41) is 0.662. The van der Waals surface area contributed by atoms with Crippen molar-refractivity contribution < 1.29 is 8.78 Å². The molecule has 0 aliphatic rings. The zero-order chi connectivity index (χ0) is 15.1. The van der Waals surface area contributed by atoms with Crippen molar-refractivity contribution in [1.29, 1.82) is 0 Å². The molecule has 0 bridgehead atoms. The molecule has 0 saturated carbocycles. The van der Waals surface area contributed by atoms with E-state index in [-0.39, 0.29) is 20.5 Å². The summed E-state index contributed by atoms with van der Waals surface area (Å²) in [6.45, 7) is 0. The van der Waals surface area contributed by atoms with E-state index >= 15 is 0 Å². The van der Waals surface area contributed by atoms with Crippen molar-refractivity contribution in [3.63, 3.8) is 0 Å². The number of benzene rings is 2. The number of nitrogens with zero attached hydrogens (tertiary/aromatic N) is 2. The van der Waals surface area contributed by atoms with Gasteiger partial charge in [-0.3, -0.25) is 0 Å². The molecule has 3 rings (SSSR count). The van der Waals surface area contributed by atoms with Gasteiger partial charge in [0.25, 0.3) is 0 Å². The lowest BCUT2D eigenvalue weighted by Gasteiger charge is -2.06. The third-order valence-corrected chi connectivity index (χ3v) is 4.07. The molecule has 7 heteroatoms. The van der Waals surface area contributed by atoms with E-state index in [0.717, 1.165) is 0 Å². The molecule has 0 saturated heterocycles. The Morgan fingerprint density at radius 1 is 0.952 bits per heavy atom. The second kappa shape index (κ2) is 5.48. The standard InChI is InChI=1S/C14H5BrCl2F2N2/c15-8-4-7-12(5-10(8)18)20-14(21-13(7)17)6-1-2-9(16)11(19)3-6/h1-5H. The maximum atomic E-state index is 13.6. The summed E-state index contributed by atoms with van der Waals surface area (Å²) in [6, 6.07) is 6.91. The zero-order valence-electron chi connectivity index (χ0n) is 10.2. The molecule has 3 aromatic rings. The fraction of sp³-hybridized carbons (Fsp3) is 0. The Morgan fingerprint density at radius 2 is 1.71 bits per heavy atom. The quantitative estimate of drug-likeness (QED) is 0.503. The van der Waals surface area contributed by atoms with Gasteiger partial charge in [0.2, 0.25) is 0 Å². The van der Waals surface area contributed by atoms with Crippen molar-refractivity contribution in [2.75, 3.05) is 0 Å². The first-order chi connectivity index (χ1) is 9.95. The first kappa shape index (κ1) is 14.6. The van der Waals surface area contributed by atoms with Gasteiger partial charge in [0, 0.05) is 17.0 Å². The molecule has 21 heavy (non-hydrogen) atoms.